The van der Waals surface area contributed by atoms with Crippen LogP contribution in [0, 0.1) is 0 Å². The van der Waals surface area contributed by atoms with Gasteiger partial charge in [0.25, 0.3) is 5.91 Å². The van der Waals surface area contributed by atoms with Crippen molar-refractivity contribution in [2.24, 2.45) is 0 Å². The average molecular weight is 475 g/mol. The summed E-state index contributed by atoms with van der Waals surface area (Å²) in [5.41, 5.74) is 3.32. The van der Waals surface area contributed by atoms with Gasteiger partial charge in [-0.25, -0.2) is 0 Å². The Morgan fingerprint density at radius 2 is 1.71 bits per heavy atom. The first kappa shape index (κ1) is 23.4. The van der Waals surface area contributed by atoms with Gasteiger partial charge in [0.1, 0.15) is 23.8 Å². The Kier molecular flexibility index (Phi) is 7.04. The third-order valence-corrected chi connectivity index (χ3v) is 7.08. The van der Waals surface area contributed by atoms with Crippen LogP contribution in [0.4, 0.5) is 11.4 Å². The molecule has 0 atom stereocenters. The summed E-state index contributed by atoms with van der Waals surface area (Å²) < 4.78 is 5.91. The molecule has 3 aliphatic heterocycles. The summed E-state index contributed by atoms with van der Waals surface area (Å²) in [5, 5.41) is 2.97. The Morgan fingerprint density at radius 3 is 2.46 bits per heavy atom. The number of likely N-dealkylation sites (tertiary alicyclic amines) is 1. The Morgan fingerprint density at radius 1 is 0.971 bits per heavy atom. The van der Waals surface area contributed by atoms with Gasteiger partial charge in [0.2, 0.25) is 0 Å². The number of ether oxygens (including phenoxy) is 1. The van der Waals surface area contributed by atoms with Crippen LogP contribution in [0.15, 0.2) is 59.9 Å². The number of ketones is 1. The molecular weight excluding hydrogens is 440 g/mol. The van der Waals surface area contributed by atoms with E-state index in [1.807, 2.05) is 55.5 Å². The number of amides is 1. The number of hydrogen-bond acceptors (Lipinski definition) is 6. The van der Waals surface area contributed by atoms with E-state index in [2.05, 4.69) is 20.0 Å². The van der Waals surface area contributed by atoms with E-state index < -0.39 is 0 Å². The zero-order chi connectivity index (χ0) is 24.2. The minimum atomic E-state index is -0.317. The molecule has 0 unspecified atom stereocenters. The predicted molar refractivity (Wildman–Crippen MR) is 138 cm³/mol. The summed E-state index contributed by atoms with van der Waals surface area (Å²) in [7, 11) is 0. The van der Waals surface area contributed by atoms with E-state index in [1.165, 1.54) is 32.4 Å². The second kappa shape index (κ2) is 10.5. The van der Waals surface area contributed by atoms with Crippen molar-refractivity contribution in [3.8, 4) is 5.75 Å². The van der Waals surface area contributed by atoms with Gasteiger partial charge in [-0.05, 0) is 62.7 Å². The molecule has 0 radical (unpaired) electrons. The second-order valence-corrected chi connectivity index (χ2v) is 9.33. The highest BCUT2D eigenvalue weighted by atomic mass is 16.5. The molecule has 3 heterocycles. The van der Waals surface area contributed by atoms with Gasteiger partial charge in [0.05, 0.1) is 11.4 Å². The fourth-order valence-corrected chi connectivity index (χ4v) is 5.25. The number of nitrogens with zero attached hydrogens (tertiary/aromatic N) is 3. The lowest BCUT2D eigenvalue weighted by Crippen LogP contribution is -2.42. The van der Waals surface area contributed by atoms with Crippen LogP contribution >= 0.6 is 0 Å². The molecule has 5 rings (SSSR count). The normalized spacial score (nSPS) is 17.9. The number of anilines is 2. The van der Waals surface area contributed by atoms with Crippen LogP contribution in [0.1, 0.15) is 38.2 Å². The average Bonchev–Trinajstić information content (AvgIpc) is 3.22. The maximum atomic E-state index is 13.2. The molecule has 0 spiro atoms. The summed E-state index contributed by atoms with van der Waals surface area (Å²) >= 11 is 0. The minimum absolute atomic E-state index is 0.0996. The lowest BCUT2D eigenvalue weighted by Gasteiger charge is -2.30. The third-order valence-electron chi connectivity index (χ3n) is 7.08. The van der Waals surface area contributed by atoms with Crippen LogP contribution in [-0.4, -0.2) is 55.9 Å². The van der Waals surface area contributed by atoms with Crippen LogP contribution in [0.3, 0.4) is 0 Å². The van der Waals surface area contributed by atoms with Crippen molar-refractivity contribution in [2.75, 3.05) is 49.1 Å². The fraction of sp³-hybridized carbons (Fsp3) is 0.429. The quantitative estimate of drug-likeness (QED) is 0.589. The molecular formula is C28H34N4O3. The van der Waals surface area contributed by atoms with Gasteiger partial charge in [-0.2, -0.15) is 0 Å². The molecule has 35 heavy (non-hydrogen) atoms. The van der Waals surface area contributed by atoms with Crippen molar-refractivity contribution in [3.63, 3.8) is 0 Å². The van der Waals surface area contributed by atoms with E-state index >= 15 is 0 Å². The number of Topliss-reactive ketones (excluding diaryl/α,β-unsaturated/α-hetero) is 1. The van der Waals surface area contributed by atoms with Crippen molar-refractivity contribution in [1.29, 1.82) is 0 Å². The van der Waals surface area contributed by atoms with Gasteiger partial charge in [-0.1, -0.05) is 30.7 Å². The van der Waals surface area contributed by atoms with E-state index in [-0.39, 0.29) is 17.3 Å². The Hall–Kier alpha value is -3.32. The maximum absolute atomic E-state index is 13.2. The first-order valence-electron chi connectivity index (χ1n) is 12.8. The van der Waals surface area contributed by atoms with Crippen LogP contribution in [0.2, 0.25) is 0 Å². The van der Waals surface area contributed by atoms with Gasteiger partial charge in [-0.15, -0.1) is 0 Å². The molecule has 0 saturated carbocycles. The molecule has 7 nitrogen and oxygen atoms in total. The number of rotatable bonds is 8. The van der Waals surface area contributed by atoms with Crippen molar-refractivity contribution < 1.29 is 14.3 Å². The fourth-order valence-electron chi connectivity index (χ4n) is 5.25. The zero-order valence-corrected chi connectivity index (χ0v) is 20.5. The molecule has 0 bridgehead atoms. The summed E-state index contributed by atoms with van der Waals surface area (Å²) in [4.78, 5) is 32.7. The molecule has 0 aliphatic carbocycles. The third kappa shape index (κ3) is 4.91. The van der Waals surface area contributed by atoms with Crippen LogP contribution in [0.25, 0.3) is 0 Å². The van der Waals surface area contributed by atoms with E-state index in [4.69, 9.17) is 4.74 Å². The van der Waals surface area contributed by atoms with Crippen LogP contribution in [-0.2, 0) is 16.1 Å². The van der Waals surface area contributed by atoms with E-state index in [1.54, 1.807) is 0 Å². The van der Waals surface area contributed by atoms with E-state index in [9.17, 15) is 9.59 Å². The highest BCUT2D eigenvalue weighted by Crippen LogP contribution is 2.44. The SMILES string of the molecule is CCN1C2=C(C(=O)NCc3ccc(OCCN4CCCCC4)cc3)C(=O)CCN2c2ccccc21. The van der Waals surface area contributed by atoms with Gasteiger partial charge in [0, 0.05) is 32.6 Å². The minimum Gasteiger partial charge on any atom is -0.492 e. The smallest absolute Gasteiger partial charge is 0.258 e. The van der Waals surface area contributed by atoms with Gasteiger partial charge in [-0.3, -0.25) is 14.5 Å². The van der Waals surface area contributed by atoms with E-state index in [0.717, 1.165) is 29.2 Å². The monoisotopic (exact) mass is 474 g/mol. The molecule has 1 N–H and O–H groups in total. The maximum Gasteiger partial charge on any atom is 0.258 e. The Labute approximate surface area is 207 Å². The lowest BCUT2D eigenvalue weighted by molar-refractivity contribution is -0.123. The number of piperidine rings is 1. The number of carbonyl (C=O) groups excluding carboxylic acids is 2. The first-order chi connectivity index (χ1) is 17.2. The van der Waals surface area contributed by atoms with Crippen molar-refractivity contribution >= 4 is 23.1 Å². The highest BCUT2D eigenvalue weighted by Gasteiger charge is 2.40. The second-order valence-electron chi connectivity index (χ2n) is 9.33. The van der Waals surface area contributed by atoms with Crippen molar-refractivity contribution in [3.05, 3.63) is 65.5 Å². The van der Waals surface area contributed by atoms with Gasteiger partial charge in [0.15, 0.2) is 5.78 Å². The van der Waals surface area contributed by atoms with Crippen LogP contribution in [0.5, 0.6) is 5.75 Å². The first-order valence-corrected chi connectivity index (χ1v) is 12.8. The summed E-state index contributed by atoms with van der Waals surface area (Å²) in [6.45, 7) is 7.66. The van der Waals surface area contributed by atoms with Gasteiger partial charge < -0.3 is 19.9 Å². The van der Waals surface area contributed by atoms with E-state index in [0.29, 0.717) is 38.5 Å². The number of nitrogens with one attached hydrogen (secondary N) is 1. The molecule has 184 valence electrons. The number of fused-ring (bicyclic) bond motifs is 3. The molecule has 1 fully saturated rings. The largest absolute Gasteiger partial charge is 0.492 e. The number of benzene rings is 2. The van der Waals surface area contributed by atoms with Gasteiger partial charge >= 0.3 is 0 Å². The molecule has 2 aromatic carbocycles. The molecule has 7 heteroatoms. The lowest BCUT2D eigenvalue weighted by atomic mass is 10.0. The zero-order valence-electron chi connectivity index (χ0n) is 20.5. The van der Waals surface area contributed by atoms with Crippen molar-refractivity contribution in [2.45, 2.75) is 39.2 Å². The highest BCUT2D eigenvalue weighted by molar-refractivity contribution is 6.22. The molecule has 1 saturated heterocycles. The summed E-state index contributed by atoms with van der Waals surface area (Å²) in [6, 6.07) is 15.9. The van der Waals surface area contributed by atoms with Crippen molar-refractivity contribution in [1.82, 2.24) is 10.2 Å². The Balaban J connectivity index is 1.21. The summed E-state index contributed by atoms with van der Waals surface area (Å²) in [5.74, 6) is 1.13. The number of carbonyl (C=O) groups is 2. The molecule has 3 aliphatic rings. The van der Waals surface area contributed by atoms with Crippen LogP contribution < -0.4 is 19.9 Å². The molecule has 2 aromatic rings. The number of para-hydroxylation sites is 2. The standard InChI is InChI=1S/C28H34N4O3/c1-2-31-23-8-4-5-9-24(23)32-17-14-25(33)26(28(31)32)27(34)29-20-21-10-12-22(13-11-21)35-19-18-30-15-6-3-7-16-30/h4-5,8-13H,2-3,6-7,14-20H2,1H3,(H,29,34). The predicted octanol–water partition coefficient (Wildman–Crippen LogP) is 3.70. The Bertz CT molecular complexity index is 1090. The molecule has 1 amide bonds. The topological polar surface area (TPSA) is 65.1 Å². The number of hydrogen-bond donors (Lipinski definition) is 1. The summed E-state index contributed by atoms with van der Waals surface area (Å²) in [6.07, 6.45) is 4.24. The molecule has 0 aromatic heterocycles.